The normalized spacial score (nSPS) is 16.5. The van der Waals surface area contributed by atoms with Crippen molar-refractivity contribution in [3.8, 4) is 0 Å². The highest BCUT2D eigenvalue weighted by Gasteiger charge is 2.16. The first-order chi connectivity index (χ1) is 14.0. The van der Waals surface area contributed by atoms with Crippen molar-refractivity contribution in [2.45, 2.75) is 32.3 Å². The van der Waals surface area contributed by atoms with Crippen molar-refractivity contribution in [2.24, 2.45) is 4.99 Å². The number of rotatable bonds is 6. The van der Waals surface area contributed by atoms with Crippen LogP contribution in [0.4, 0.5) is 11.4 Å². The third kappa shape index (κ3) is 6.06. The SMILES string of the molecule is CCc1ccc(NC(=NC[C@H]2CCCO2)NC(=O)c2cccc(N(C)C)c2)cc1. The number of nitrogens with zero attached hydrogens (tertiary/aromatic N) is 2. The van der Waals surface area contributed by atoms with E-state index in [2.05, 4.69) is 34.7 Å². The number of hydrogen-bond donors (Lipinski definition) is 2. The molecule has 2 aromatic rings. The van der Waals surface area contributed by atoms with Crippen LogP contribution in [0.2, 0.25) is 0 Å². The van der Waals surface area contributed by atoms with E-state index in [1.165, 1.54) is 5.56 Å². The van der Waals surface area contributed by atoms with Gasteiger partial charge in [0.15, 0.2) is 0 Å². The van der Waals surface area contributed by atoms with Gasteiger partial charge in [-0.15, -0.1) is 0 Å². The number of carbonyl (C=O) groups excluding carboxylic acids is 1. The Morgan fingerprint density at radius 2 is 2.00 bits per heavy atom. The molecule has 1 amide bonds. The number of guanidine groups is 1. The highest BCUT2D eigenvalue weighted by molar-refractivity contribution is 6.10. The van der Waals surface area contributed by atoms with Crippen LogP contribution in [0, 0.1) is 0 Å². The lowest BCUT2D eigenvalue weighted by Gasteiger charge is -2.15. The highest BCUT2D eigenvalue weighted by Crippen LogP contribution is 2.15. The maximum Gasteiger partial charge on any atom is 0.258 e. The quantitative estimate of drug-likeness (QED) is 0.579. The van der Waals surface area contributed by atoms with E-state index in [1.54, 1.807) is 6.07 Å². The minimum Gasteiger partial charge on any atom is -0.378 e. The van der Waals surface area contributed by atoms with Crippen molar-refractivity contribution in [2.75, 3.05) is 37.5 Å². The molecule has 6 nitrogen and oxygen atoms in total. The Labute approximate surface area is 173 Å². The van der Waals surface area contributed by atoms with Gasteiger partial charge in [0, 0.05) is 37.6 Å². The molecule has 154 valence electrons. The maximum atomic E-state index is 12.8. The number of amides is 1. The van der Waals surface area contributed by atoms with Gasteiger partial charge in [0.25, 0.3) is 5.91 Å². The standard InChI is InChI=1S/C23H30N4O2/c1-4-17-10-12-19(13-11-17)25-23(24-16-21-9-6-14-29-21)26-22(28)18-7-5-8-20(15-18)27(2)3/h5,7-8,10-13,15,21H,4,6,9,14,16H2,1-3H3,(H2,24,25,26,28)/t21-/m1/s1. The zero-order valence-corrected chi connectivity index (χ0v) is 17.4. The predicted octanol–water partition coefficient (Wildman–Crippen LogP) is 3.69. The number of hydrogen-bond acceptors (Lipinski definition) is 4. The summed E-state index contributed by atoms with van der Waals surface area (Å²) in [6, 6.07) is 15.7. The summed E-state index contributed by atoms with van der Waals surface area (Å²) in [7, 11) is 3.90. The minimum atomic E-state index is -0.197. The fourth-order valence-electron chi connectivity index (χ4n) is 3.16. The summed E-state index contributed by atoms with van der Waals surface area (Å²) in [6.45, 7) is 3.43. The van der Waals surface area contributed by atoms with E-state index in [0.29, 0.717) is 18.1 Å². The first-order valence-electron chi connectivity index (χ1n) is 10.2. The smallest absolute Gasteiger partial charge is 0.258 e. The Hall–Kier alpha value is -2.86. The van der Waals surface area contributed by atoms with Crippen molar-refractivity contribution in [3.63, 3.8) is 0 Å². The summed E-state index contributed by atoms with van der Waals surface area (Å²) in [5, 5.41) is 6.17. The molecule has 0 radical (unpaired) electrons. The number of aliphatic imine (C=N–C) groups is 1. The van der Waals surface area contributed by atoms with Gasteiger partial charge in [-0.25, -0.2) is 4.99 Å². The second kappa shape index (κ2) is 10.1. The Kier molecular flexibility index (Phi) is 7.25. The van der Waals surface area contributed by atoms with E-state index < -0.39 is 0 Å². The van der Waals surface area contributed by atoms with Gasteiger partial charge < -0.3 is 15.0 Å². The van der Waals surface area contributed by atoms with Crippen molar-refractivity contribution < 1.29 is 9.53 Å². The summed E-state index contributed by atoms with van der Waals surface area (Å²) in [6.07, 6.45) is 3.16. The van der Waals surface area contributed by atoms with Crippen LogP contribution in [0.15, 0.2) is 53.5 Å². The molecule has 0 saturated carbocycles. The van der Waals surface area contributed by atoms with Gasteiger partial charge in [-0.2, -0.15) is 0 Å². The van der Waals surface area contributed by atoms with E-state index >= 15 is 0 Å². The van der Waals surface area contributed by atoms with E-state index in [9.17, 15) is 4.79 Å². The molecule has 0 unspecified atom stereocenters. The Morgan fingerprint density at radius 1 is 1.21 bits per heavy atom. The highest BCUT2D eigenvalue weighted by atomic mass is 16.5. The molecular formula is C23H30N4O2. The zero-order chi connectivity index (χ0) is 20.6. The van der Waals surface area contributed by atoms with Crippen molar-refractivity contribution in [1.29, 1.82) is 0 Å². The summed E-state index contributed by atoms with van der Waals surface area (Å²) in [5.74, 6) is 0.238. The summed E-state index contributed by atoms with van der Waals surface area (Å²) >= 11 is 0. The molecule has 29 heavy (non-hydrogen) atoms. The van der Waals surface area contributed by atoms with Gasteiger partial charge in [-0.3, -0.25) is 10.1 Å². The second-order valence-corrected chi connectivity index (χ2v) is 7.40. The van der Waals surface area contributed by atoms with Gasteiger partial charge in [0.2, 0.25) is 5.96 Å². The average Bonchev–Trinajstić information content (AvgIpc) is 3.26. The van der Waals surface area contributed by atoms with Crippen molar-refractivity contribution >= 4 is 23.2 Å². The lowest BCUT2D eigenvalue weighted by atomic mass is 10.1. The third-order valence-electron chi connectivity index (χ3n) is 4.96. The lowest BCUT2D eigenvalue weighted by molar-refractivity contribution is 0.0975. The molecule has 0 spiro atoms. The van der Waals surface area contributed by atoms with Crippen LogP contribution in [0.25, 0.3) is 0 Å². The molecule has 0 aliphatic carbocycles. The molecule has 1 aliphatic heterocycles. The molecule has 0 bridgehead atoms. The second-order valence-electron chi connectivity index (χ2n) is 7.40. The fourth-order valence-corrected chi connectivity index (χ4v) is 3.16. The Bertz CT molecular complexity index is 840. The topological polar surface area (TPSA) is 66.0 Å². The predicted molar refractivity (Wildman–Crippen MR) is 119 cm³/mol. The van der Waals surface area contributed by atoms with Gasteiger partial charge in [-0.1, -0.05) is 25.1 Å². The summed E-state index contributed by atoms with van der Waals surface area (Å²) < 4.78 is 5.66. The van der Waals surface area contributed by atoms with Crippen LogP contribution < -0.4 is 15.5 Å². The largest absolute Gasteiger partial charge is 0.378 e. The van der Waals surface area contributed by atoms with E-state index in [-0.39, 0.29) is 12.0 Å². The number of aryl methyl sites for hydroxylation is 1. The molecule has 1 aliphatic rings. The first kappa shape index (κ1) is 20.9. The van der Waals surface area contributed by atoms with E-state index in [1.807, 2.05) is 49.3 Å². The van der Waals surface area contributed by atoms with E-state index in [4.69, 9.17) is 4.74 Å². The lowest BCUT2D eigenvalue weighted by Crippen LogP contribution is -2.36. The number of anilines is 2. The molecular weight excluding hydrogens is 364 g/mol. The molecule has 1 fully saturated rings. The number of carbonyl (C=O) groups is 1. The number of nitrogens with one attached hydrogen (secondary N) is 2. The average molecular weight is 395 g/mol. The summed E-state index contributed by atoms with van der Waals surface area (Å²) in [5.41, 5.74) is 3.70. The minimum absolute atomic E-state index is 0.114. The monoisotopic (exact) mass is 394 g/mol. The molecule has 1 saturated heterocycles. The number of benzene rings is 2. The van der Waals surface area contributed by atoms with Crippen LogP contribution in [0.5, 0.6) is 0 Å². The van der Waals surface area contributed by atoms with Crippen LogP contribution in [0.3, 0.4) is 0 Å². The van der Waals surface area contributed by atoms with Gasteiger partial charge in [-0.05, 0) is 55.2 Å². The molecule has 6 heteroatoms. The van der Waals surface area contributed by atoms with Gasteiger partial charge >= 0.3 is 0 Å². The maximum absolute atomic E-state index is 12.8. The molecule has 1 heterocycles. The van der Waals surface area contributed by atoms with Crippen LogP contribution in [-0.2, 0) is 11.2 Å². The third-order valence-corrected chi connectivity index (χ3v) is 4.96. The summed E-state index contributed by atoms with van der Waals surface area (Å²) in [4.78, 5) is 19.4. The Morgan fingerprint density at radius 3 is 2.66 bits per heavy atom. The molecule has 3 rings (SSSR count). The fraction of sp³-hybridized carbons (Fsp3) is 0.391. The zero-order valence-electron chi connectivity index (χ0n) is 17.4. The molecule has 2 N–H and O–H groups in total. The first-order valence-corrected chi connectivity index (χ1v) is 10.2. The van der Waals surface area contributed by atoms with Crippen LogP contribution in [0.1, 0.15) is 35.7 Å². The molecule has 2 aromatic carbocycles. The van der Waals surface area contributed by atoms with Crippen LogP contribution >= 0.6 is 0 Å². The number of ether oxygens (including phenoxy) is 1. The van der Waals surface area contributed by atoms with E-state index in [0.717, 1.165) is 37.2 Å². The van der Waals surface area contributed by atoms with Gasteiger partial charge in [0.1, 0.15) is 0 Å². The van der Waals surface area contributed by atoms with Gasteiger partial charge in [0.05, 0.1) is 12.6 Å². The van der Waals surface area contributed by atoms with Crippen molar-refractivity contribution in [1.82, 2.24) is 5.32 Å². The molecule has 0 aromatic heterocycles. The molecule has 1 atom stereocenters. The Balaban J connectivity index is 1.75. The van der Waals surface area contributed by atoms with Crippen LogP contribution in [-0.4, -0.2) is 45.2 Å². The van der Waals surface area contributed by atoms with Crippen molar-refractivity contribution in [3.05, 3.63) is 59.7 Å².